The van der Waals surface area contributed by atoms with E-state index in [2.05, 4.69) is 10.1 Å². The summed E-state index contributed by atoms with van der Waals surface area (Å²) in [6, 6.07) is 3.62. The van der Waals surface area contributed by atoms with Gasteiger partial charge in [-0.15, -0.1) is 0 Å². The number of fused-ring (bicyclic) bond motifs is 1. The molecular formula is C25H25F5N6O2. The molecule has 13 heteroatoms. The Kier molecular flexibility index (Phi) is 6.70. The third-order valence-electron chi connectivity index (χ3n) is 7.27. The lowest BCUT2D eigenvalue weighted by atomic mass is 9.91. The molecular weight excluding hydrogens is 511 g/mol. The number of benzene rings is 1. The van der Waals surface area contributed by atoms with Crippen LogP contribution in [-0.4, -0.2) is 68.2 Å². The number of nitrogens with two attached hydrogens (primary N) is 1. The summed E-state index contributed by atoms with van der Waals surface area (Å²) in [6.07, 6.45) is -2.75. The van der Waals surface area contributed by atoms with Crippen LogP contribution in [0, 0.1) is 11.6 Å². The smallest absolute Gasteiger partial charge is 0.384 e. The van der Waals surface area contributed by atoms with Crippen LogP contribution >= 0.6 is 0 Å². The number of piperidine rings is 1. The summed E-state index contributed by atoms with van der Waals surface area (Å²) >= 11 is 0. The molecule has 2 fully saturated rings. The lowest BCUT2D eigenvalue weighted by Crippen LogP contribution is -2.45. The van der Waals surface area contributed by atoms with E-state index in [4.69, 9.17) is 5.73 Å². The Labute approximate surface area is 214 Å². The molecule has 3 aromatic rings. The highest BCUT2D eigenvalue weighted by Crippen LogP contribution is 2.36. The molecule has 0 spiro atoms. The Morgan fingerprint density at radius 2 is 1.79 bits per heavy atom. The molecule has 2 amide bonds. The highest BCUT2D eigenvalue weighted by molar-refractivity contribution is 5.95. The minimum Gasteiger partial charge on any atom is -0.384 e. The fraction of sp³-hybridized carbons (Fsp3) is 0.440. The van der Waals surface area contributed by atoms with Gasteiger partial charge in [0.15, 0.2) is 5.82 Å². The average Bonchev–Trinajstić information content (AvgIpc) is 3.52. The molecule has 8 nitrogen and oxygen atoms in total. The van der Waals surface area contributed by atoms with Gasteiger partial charge in [-0.3, -0.25) is 14.3 Å². The first kappa shape index (κ1) is 25.9. The number of rotatable bonds is 4. The van der Waals surface area contributed by atoms with Gasteiger partial charge >= 0.3 is 6.18 Å². The lowest BCUT2D eigenvalue weighted by Gasteiger charge is -2.31. The van der Waals surface area contributed by atoms with Crippen LogP contribution in [0.1, 0.15) is 47.7 Å². The molecule has 0 radical (unpaired) electrons. The predicted molar refractivity (Wildman–Crippen MR) is 127 cm³/mol. The first-order valence-corrected chi connectivity index (χ1v) is 12.3. The van der Waals surface area contributed by atoms with Gasteiger partial charge in [0, 0.05) is 25.6 Å². The quantitative estimate of drug-likeness (QED) is 0.511. The van der Waals surface area contributed by atoms with E-state index >= 15 is 0 Å². The third-order valence-corrected chi connectivity index (χ3v) is 7.27. The number of nitrogens with zero attached hydrogens (tertiary/aromatic N) is 5. The van der Waals surface area contributed by atoms with Gasteiger partial charge in [0.2, 0.25) is 5.91 Å². The standard InChI is InChI=1S/C25H25F5N6O2/c26-16-3-1-4-18-22(16)23(33-36(18)13-21(37)35-8-2-5-19(35)25(28,29)30)14-6-9-34(10-7-14)24(38)15-11-20(31)32-12-17(15)27/h1,3-4,11-12,14,19H,2,5-10,13H2,(H2,31,32)/t19-/m0/s1. The number of carbonyl (C=O) groups is 2. The summed E-state index contributed by atoms with van der Waals surface area (Å²) in [5.41, 5.74) is 6.09. The van der Waals surface area contributed by atoms with Gasteiger partial charge in [-0.25, -0.2) is 13.8 Å². The number of hydrogen-bond donors (Lipinski definition) is 1. The number of likely N-dealkylation sites (tertiary alicyclic amines) is 2. The Hall–Kier alpha value is -3.77. The van der Waals surface area contributed by atoms with Crippen molar-refractivity contribution in [2.24, 2.45) is 0 Å². The number of nitrogen functional groups attached to an aromatic ring is 1. The van der Waals surface area contributed by atoms with E-state index in [1.54, 1.807) is 6.07 Å². The Bertz CT molecular complexity index is 1380. The summed E-state index contributed by atoms with van der Waals surface area (Å²) in [7, 11) is 0. The van der Waals surface area contributed by atoms with Gasteiger partial charge in [0.1, 0.15) is 24.2 Å². The summed E-state index contributed by atoms with van der Waals surface area (Å²) < 4.78 is 70.5. The third kappa shape index (κ3) is 4.76. The topological polar surface area (TPSA) is 97.3 Å². The van der Waals surface area contributed by atoms with Crippen LogP contribution in [0.4, 0.5) is 27.8 Å². The van der Waals surface area contributed by atoms with E-state index in [0.717, 1.165) is 11.1 Å². The van der Waals surface area contributed by atoms with E-state index < -0.39 is 42.2 Å². The number of hydrogen-bond acceptors (Lipinski definition) is 5. The van der Waals surface area contributed by atoms with E-state index in [9.17, 15) is 31.5 Å². The average molecular weight is 537 g/mol. The van der Waals surface area contributed by atoms with Crippen LogP contribution in [0.3, 0.4) is 0 Å². The van der Waals surface area contributed by atoms with E-state index in [1.807, 2.05) is 0 Å². The van der Waals surface area contributed by atoms with Crippen LogP contribution in [0.2, 0.25) is 0 Å². The maximum absolute atomic E-state index is 15.0. The van der Waals surface area contributed by atoms with Crippen molar-refractivity contribution >= 4 is 28.5 Å². The second-order valence-corrected chi connectivity index (χ2v) is 9.62. The van der Waals surface area contributed by atoms with Crippen LogP contribution in [0.25, 0.3) is 10.9 Å². The molecule has 202 valence electrons. The molecule has 2 saturated heterocycles. The fourth-order valence-electron chi connectivity index (χ4n) is 5.39. The van der Waals surface area contributed by atoms with Crippen molar-refractivity contribution in [1.82, 2.24) is 24.6 Å². The molecule has 2 aliphatic rings. The minimum atomic E-state index is -4.52. The lowest BCUT2D eigenvalue weighted by molar-refractivity contribution is -0.183. The number of pyridine rings is 1. The highest BCUT2D eigenvalue weighted by Gasteiger charge is 2.47. The molecule has 4 heterocycles. The molecule has 1 atom stereocenters. The number of amides is 2. The van der Waals surface area contributed by atoms with Crippen molar-refractivity contribution < 1.29 is 31.5 Å². The molecule has 38 heavy (non-hydrogen) atoms. The van der Waals surface area contributed by atoms with Gasteiger partial charge < -0.3 is 15.5 Å². The summed E-state index contributed by atoms with van der Waals surface area (Å²) in [4.78, 5) is 31.6. The molecule has 0 bridgehead atoms. The Morgan fingerprint density at radius 3 is 2.50 bits per heavy atom. The van der Waals surface area contributed by atoms with E-state index in [0.29, 0.717) is 24.1 Å². The molecule has 1 aromatic carbocycles. The van der Waals surface area contributed by atoms with Crippen molar-refractivity contribution in [2.75, 3.05) is 25.4 Å². The van der Waals surface area contributed by atoms with E-state index in [-0.39, 0.29) is 55.2 Å². The van der Waals surface area contributed by atoms with Gasteiger partial charge in [-0.2, -0.15) is 18.3 Å². The number of alkyl halides is 3. The normalized spacial score (nSPS) is 18.9. The second-order valence-electron chi connectivity index (χ2n) is 9.62. The molecule has 2 N–H and O–H groups in total. The second kappa shape index (κ2) is 9.84. The highest BCUT2D eigenvalue weighted by atomic mass is 19.4. The van der Waals surface area contributed by atoms with Gasteiger partial charge in [-0.05, 0) is 43.9 Å². The first-order valence-electron chi connectivity index (χ1n) is 12.3. The zero-order valence-corrected chi connectivity index (χ0v) is 20.2. The largest absolute Gasteiger partial charge is 0.408 e. The molecule has 2 aromatic heterocycles. The predicted octanol–water partition coefficient (Wildman–Crippen LogP) is 3.86. The van der Waals surface area contributed by atoms with Crippen molar-refractivity contribution in [3.8, 4) is 0 Å². The van der Waals surface area contributed by atoms with Crippen LogP contribution < -0.4 is 5.73 Å². The zero-order chi connectivity index (χ0) is 27.2. The number of aromatic nitrogens is 3. The monoisotopic (exact) mass is 536 g/mol. The molecule has 5 rings (SSSR count). The van der Waals surface area contributed by atoms with Crippen molar-refractivity contribution in [3.05, 3.63) is 53.4 Å². The van der Waals surface area contributed by atoms with Gasteiger partial charge in [0.05, 0.1) is 28.4 Å². The maximum Gasteiger partial charge on any atom is 0.408 e. The number of carbonyl (C=O) groups excluding carboxylic acids is 2. The summed E-state index contributed by atoms with van der Waals surface area (Å²) in [5, 5.41) is 4.69. The van der Waals surface area contributed by atoms with Crippen molar-refractivity contribution in [3.63, 3.8) is 0 Å². The SMILES string of the molecule is Nc1cc(C(=O)N2CCC(c3nn(CC(=O)N4CCC[C@H]4C(F)(F)F)c4cccc(F)c34)CC2)c(F)cn1. The zero-order valence-electron chi connectivity index (χ0n) is 20.2. The Balaban J connectivity index is 1.36. The van der Waals surface area contributed by atoms with Crippen molar-refractivity contribution in [1.29, 1.82) is 0 Å². The summed E-state index contributed by atoms with van der Waals surface area (Å²) in [5.74, 6) is -2.87. The maximum atomic E-state index is 15.0. The molecule has 0 unspecified atom stereocenters. The van der Waals surface area contributed by atoms with E-state index in [1.165, 1.54) is 27.8 Å². The molecule has 0 aliphatic carbocycles. The fourth-order valence-corrected chi connectivity index (χ4v) is 5.39. The van der Waals surface area contributed by atoms with Crippen LogP contribution in [-0.2, 0) is 11.3 Å². The van der Waals surface area contributed by atoms with Gasteiger partial charge in [0.25, 0.3) is 5.91 Å². The minimum absolute atomic E-state index is 0.000359. The number of halogens is 5. The van der Waals surface area contributed by atoms with Crippen molar-refractivity contribution in [2.45, 2.75) is 50.4 Å². The molecule has 0 saturated carbocycles. The molecule has 2 aliphatic heterocycles. The van der Waals surface area contributed by atoms with Crippen LogP contribution in [0.15, 0.2) is 30.5 Å². The van der Waals surface area contributed by atoms with Crippen LogP contribution in [0.5, 0.6) is 0 Å². The first-order chi connectivity index (χ1) is 18.0. The van der Waals surface area contributed by atoms with Gasteiger partial charge in [-0.1, -0.05) is 6.07 Å². The summed E-state index contributed by atoms with van der Waals surface area (Å²) in [6.45, 7) is 0.0358. The number of anilines is 1. The Morgan fingerprint density at radius 1 is 1.05 bits per heavy atom.